The molecular formula is C10H24N2O4S2. The van der Waals surface area contributed by atoms with E-state index in [1.165, 1.54) is 0 Å². The fraction of sp³-hybridized carbons (Fsp3) is 0.800. The molecule has 0 aliphatic heterocycles. The Bertz CT molecular complexity index is 172. The molecule has 6 nitrogen and oxygen atoms in total. The topological polar surface area (TPSA) is 111 Å². The van der Waals surface area contributed by atoms with Crippen molar-refractivity contribution < 1.29 is 19.7 Å². The van der Waals surface area contributed by atoms with Gasteiger partial charge in [0, 0.05) is 13.2 Å². The summed E-state index contributed by atoms with van der Waals surface area (Å²) in [6.45, 7) is 7.59. The van der Waals surface area contributed by atoms with Crippen molar-refractivity contribution >= 4 is 34.8 Å². The van der Waals surface area contributed by atoms with Crippen LogP contribution in [0, 0.1) is 0 Å². The molecule has 0 spiro atoms. The van der Waals surface area contributed by atoms with E-state index in [0.29, 0.717) is 0 Å². The minimum absolute atomic E-state index is 0.0278. The van der Waals surface area contributed by atoms with Crippen LogP contribution in [0.5, 0.6) is 0 Å². The molecule has 0 atom stereocenters. The number of rotatable bonds is 6. The Morgan fingerprint density at radius 2 is 1.28 bits per heavy atom. The molecule has 0 fully saturated rings. The zero-order chi connectivity index (χ0) is 15.0. The van der Waals surface area contributed by atoms with E-state index in [0.717, 1.165) is 26.1 Å². The first-order valence-corrected chi connectivity index (χ1v) is 6.33. The third kappa shape index (κ3) is 45.4. The zero-order valence-electron chi connectivity index (χ0n) is 11.1. The summed E-state index contributed by atoms with van der Waals surface area (Å²) in [5, 5.41) is 14.1. The van der Waals surface area contributed by atoms with Crippen LogP contribution in [0.1, 0.15) is 33.6 Å². The SMILES string of the molecule is CCCC(OCC)OCC.NC(O)=S.NC(O)=S. The average Bonchev–Trinajstić information content (AvgIpc) is 2.17. The molecule has 0 amide bonds. The minimum Gasteiger partial charge on any atom is -0.487 e. The van der Waals surface area contributed by atoms with Gasteiger partial charge in [0.1, 0.15) is 0 Å². The van der Waals surface area contributed by atoms with Crippen LogP contribution in [-0.4, -0.2) is 40.1 Å². The van der Waals surface area contributed by atoms with Crippen LogP contribution < -0.4 is 11.5 Å². The van der Waals surface area contributed by atoms with E-state index in [9.17, 15) is 0 Å². The second kappa shape index (κ2) is 18.7. The number of nitrogens with two attached hydrogens (primary N) is 2. The Hall–Kier alpha value is -0.700. The summed E-state index contributed by atoms with van der Waals surface area (Å²) in [5.74, 6) is 0. The number of hydrogen-bond acceptors (Lipinski definition) is 4. The van der Waals surface area contributed by atoms with Crippen LogP contribution in [0.3, 0.4) is 0 Å². The largest absolute Gasteiger partial charge is 0.487 e. The van der Waals surface area contributed by atoms with Crippen molar-refractivity contribution in [2.24, 2.45) is 11.5 Å². The first-order chi connectivity index (χ1) is 8.31. The lowest BCUT2D eigenvalue weighted by molar-refractivity contribution is -0.139. The van der Waals surface area contributed by atoms with Gasteiger partial charge in [-0.05, 0) is 44.7 Å². The van der Waals surface area contributed by atoms with Gasteiger partial charge in [-0.25, -0.2) is 0 Å². The van der Waals surface area contributed by atoms with Crippen molar-refractivity contribution in [3.05, 3.63) is 0 Å². The molecule has 0 saturated carbocycles. The fourth-order valence-corrected chi connectivity index (χ4v) is 0.822. The highest BCUT2D eigenvalue weighted by Gasteiger charge is 2.04. The Morgan fingerprint density at radius 1 is 1.00 bits per heavy atom. The Labute approximate surface area is 119 Å². The predicted octanol–water partition coefficient (Wildman–Crippen LogP) is 1.76. The quantitative estimate of drug-likeness (QED) is 0.434. The maximum Gasteiger partial charge on any atom is 0.251 e. The Kier molecular flexibility index (Phi) is 23.3. The molecule has 0 aliphatic rings. The van der Waals surface area contributed by atoms with E-state index in [4.69, 9.17) is 19.7 Å². The summed E-state index contributed by atoms with van der Waals surface area (Å²) in [6, 6.07) is 0. The second-order valence-electron chi connectivity index (χ2n) is 2.81. The lowest BCUT2D eigenvalue weighted by atomic mass is 10.3. The first-order valence-electron chi connectivity index (χ1n) is 5.51. The molecule has 0 aliphatic carbocycles. The van der Waals surface area contributed by atoms with E-state index in [1.54, 1.807) is 0 Å². The van der Waals surface area contributed by atoms with Gasteiger partial charge in [-0.15, -0.1) is 0 Å². The van der Waals surface area contributed by atoms with Crippen molar-refractivity contribution in [3.8, 4) is 0 Å². The van der Waals surface area contributed by atoms with Crippen molar-refractivity contribution in [1.29, 1.82) is 0 Å². The number of aliphatic hydroxyl groups excluding tert-OH is 2. The van der Waals surface area contributed by atoms with Crippen LogP contribution >= 0.6 is 24.4 Å². The van der Waals surface area contributed by atoms with Crippen molar-refractivity contribution in [2.45, 2.75) is 39.9 Å². The van der Waals surface area contributed by atoms with Gasteiger partial charge < -0.3 is 31.2 Å². The van der Waals surface area contributed by atoms with Crippen LogP contribution in [-0.2, 0) is 9.47 Å². The van der Waals surface area contributed by atoms with E-state index < -0.39 is 10.3 Å². The third-order valence-electron chi connectivity index (χ3n) is 1.23. The molecule has 0 bridgehead atoms. The van der Waals surface area contributed by atoms with E-state index in [-0.39, 0.29) is 6.29 Å². The molecular weight excluding hydrogens is 276 g/mol. The number of thiocarbonyl (C=S) groups is 2. The van der Waals surface area contributed by atoms with Crippen LogP contribution in [0.25, 0.3) is 0 Å². The molecule has 0 aromatic carbocycles. The van der Waals surface area contributed by atoms with E-state index >= 15 is 0 Å². The molecule has 110 valence electrons. The van der Waals surface area contributed by atoms with Gasteiger partial charge in [0.25, 0.3) is 10.3 Å². The predicted molar refractivity (Wildman–Crippen MR) is 80.8 cm³/mol. The summed E-state index contributed by atoms with van der Waals surface area (Å²) in [5.41, 5.74) is 8.80. The fourth-order valence-electron chi connectivity index (χ4n) is 0.822. The summed E-state index contributed by atoms with van der Waals surface area (Å²) < 4.78 is 10.6. The molecule has 0 rings (SSSR count). The molecule has 0 unspecified atom stereocenters. The van der Waals surface area contributed by atoms with Crippen molar-refractivity contribution in [3.63, 3.8) is 0 Å². The first kappa shape index (κ1) is 22.5. The van der Waals surface area contributed by atoms with Crippen LogP contribution in [0.2, 0.25) is 0 Å². The highest BCUT2D eigenvalue weighted by atomic mass is 32.1. The van der Waals surface area contributed by atoms with E-state index in [1.807, 2.05) is 13.8 Å². The monoisotopic (exact) mass is 300 g/mol. The van der Waals surface area contributed by atoms with Gasteiger partial charge in [0.2, 0.25) is 0 Å². The number of ether oxygens (including phenoxy) is 2. The van der Waals surface area contributed by atoms with Crippen LogP contribution in [0.4, 0.5) is 0 Å². The number of aliphatic hydroxyl groups is 2. The molecule has 8 heteroatoms. The van der Waals surface area contributed by atoms with Gasteiger partial charge in [-0.1, -0.05) is 13.3 Å². The second-order valence-corrected chi connectivity index (χ2v) is 3.64. The van der Waals surface area contributed by atoms with Gasteiger partial charge >= 0.3 is 0 Å². The van der Waals surface area contributed by atoms with Crippen LogP contribution in [0.15, 0.2) is 0 Å². The summed E-state index contributed by atoms with van der Waals surface area (Å²) in [4.78, 5) is 0. The normalized spacial score (nSPS) is 8.67. The smallest absolute Gasteiger partial charge is 0.251 e. The molecule has 18 heavy (non-hydrogen) atoms. The van der Waals surface area contributed by atoms with Gasteiger partial charge in [0.05, 0.1) is 0 Å². The van der Waals surface area contributed by atoms with Crippen molar-refractivity contribution in [1.82, 2.24) is 0 Å². The zero-order valence-corrected chi connectivity index (χ0v) is 12.7. The Balaban J connectivity index is -0.000000233. The molecule has 0 radical (unpaired) electrons. The van der Waals surface area contributed by atoms with Gasteiger partial charge in [0.15, 0.2) is 6.29 Å². The third-order valence-corrected chi connectivity index (χ3v) is 1.23. The maximum absolute atomic E-state index is 7.56. The lowest BCUT2D eigenvalue weighted by Gasteiger charge is -2.15. The highest BCUT2D eigenvalue weighted by Crippen LogP contribution is 2.02. The van der Waals surface area contributed by atoms with Gasteiger partial charge in [-0.3, -0.25) is 0 Å². The maximum atomic E-state index is 7.56. The molecule has 0 saturated heterocycles. The average molecular weight is 300 g/mol. The minimum atomic E-state index is -0.500. The molecule has 6 N–H and O–H groups in total. The highest BCUT2D eigenvalue weighted by molar-refractivity contribution is 7.80. The van der Waals surface area contributed by atoms with Crippen molar-refractivity contribution in [2.75, 3.05) is 13.2 Å². The molecule has 0 aromatic heterocycles. The summed E-state index contributed by atoms with van der Waals surface area (Å²) in [7, 11) is 0. The number of hydrogen-bond donors (Lipinski definition) is 4. The summed E-state index contributed by atoms with van der Waals surface area (Å²) >= 11 is 7.74. The molecule has 0 aromatic rings. The van der Waals surface area contributed by atoms with E-state index in [2.05, 4.69) is 42.8 Å². The Morgan fingerprint density at radius 3 is 1.44 bits per heavy atom. The molecule has 0 heterocycles. The standard InChI is InChI=1S/C8H18O2.2CH3NOS/c1-4-7-8(9-5-2)10-6-3;2*2-1(3)4/h8H,4-7H2,1-3H3;2*(H3,2,3,4). The lowest BCUT2D eigenvalue weighted by Crippen LogP contribution is -2.16. The van der Waals surface area contributed by atoms with Gasteiger partial charge in [-0.2, -0.15) is 0 Å². The summed E-state index contributed by atoms with van der Waals surface area (Å²) in [6.07, 6.45) is 2.15.